The highest BCUT2D eigenvalue weighted by molar-refractivity contribution is 7.90. The summed E-state index contributed by atoms with van der Waals surface area (Å²) in [6.45, 7) is 2.17. The molecule has 16 heavy (non-hydrogen) atoms. The second-order valence-electron chi connectivity index (χ2n) is 3.36. The molecule has 1 aromatic rings. The van der Waals surface area contributed by atoms with Gasteiger partial charge >= 0.3 is 0 Å². The molecule has 0 amide bonds. The molecule has 0 spiro atoms. The zero-order chi connectivity index (χ0) is 12.0. The lowest BCUT2D eigenvalue weighted by molar-refractivity contribution is 0.282. The fourth-order valence-corrected chi connectivity index (χ4v) is 2.14. The van der Waals surface area contributed by atoms with Gasteiger partial charge in [-0.1, -0.05) is 19.1 Å². The predicted molar refractivity (Wildman–Crippen MR) is 63.2 cm³/mol. The van der Waals surface area contributed by atoms with Gasteiger partial charge in [0.25, 0.3) is 10.2 Å². The number of hydrogen-bond donors (Lipinski definition) is 3. The van der Waals surface area contributed by atoms with Gasteiger partial charge in [-0.3, -0.25) is 4.72 Å². The van der Waals surface area contributed by atoms with Crippen molar-refractivity contribution in [3.63, 3.8) is 0 Å². The summed E-state index contributed by atoms with van der Waals surface area (Å²) in [6.07, 6.45) is 0.734. The van der Waals surface area contributed by atoms with Crippen LogP contribution in [0.15, 0.2) is 24.3 Å². The first-order valence-electron chi connectivity index (χ1n) is 5.04. The smallest absolute Gasteiger partial charge is 0.299 e. The summed E-state index contributed by atoms with van der Waals surface area (Å²) < 4.78 is 27.7. The van der Waals surface area contributed by atoms with Gasteiger partial charge in [-0.25, -0.2) is 0 Å². The zero-order valence-corrected chi connectivity index (χ0v) is 9.92. The van der Waals surface area contributed by atoms with Crippen molar-refractivity contribution in [2.24, 2.45) is 0 Å². The van der Waals surface area contributed by atoms with E-state index in [9.17, 15) is 8.42 Å². The topological polar surface area (TPSA) is 78.4 Å². The molecule has 6 heteroatoms. The third-order valence-corrected chi connectivity index (χ3v) is 2.99. The summed E-state index contributed by atoms with van der Waals surface area (Å²) in [7, 11) is -3.50. The Hall–Kier alpha value is -1.11. The molecule has 0 aromatic heterocycles. The average molecular weight is 244 g/mol. The number of benzene rings is 1. The molecule has 0 saturated heterocycles. The van der Waals surface area contributed by atoms with E-state index in [0.29, 0.717) is 17.8 Å². The minimum atomic E-state index is -3.50. The second kappa shape index (κ2) is 5.83. The first kappa shape index (κ1) is 13.0. The number of anilines is 1. The van der Waals surface area contributed by atoms with Crippen molar-refractivity contribution >= 4 is 15.9 Å². The average Bonchev–Trinajstić information content (AvgIpc) is 2.26. The lowest BCUT2D eigenvalue weighted by atomic mass is 10.2. The monoisotopic (exact) mass is 244 g/mol. The van der Waals surface area contributed by atoms with Crippen molar-refractivity contribution in [3.05, 3.63) is 29.8 Å². The molecule has 0 radical (unpaired) electrons. The second-order valence-corrected chi connectivity index (χ2v) is 4.86. The molecule has 0 saturated carbocycles. The van der Waals surface area contributed by atoms with Crippen LogP contribution in [0, 0.1) is 0 Å². The third kappa shape index (κ3) is 4.18. The van der Waals surface area contributed by atoms with Crippen molar-refractivity contribution in [2.75, 3.05) is 11.3 Å². The molecule has 0 bridgehead atoms. The lowest BCUT2D eigenvalue weighted by Crippen LogP contribution is -2.30. The van der Waals surface area contributed by atoms with E-state index in [0.717, 1.165) is 6.42 Å². The first-order chi connectivity index (χ1) is 7.57. The van der Waals surface area contributed by atoms with E-state index in [-0.39, 0.29) is 6.61 Å². The molecule has 0 fully saturated rings. The van der Waals surface area contributed by atoms with Gasteiger partial charge in [-0.05, 0) is 24.1 Å². The highest BCUT2D eigenvalue weighted by Crippen LogP contribution is 2.11. The van der Waals surface area contributed by atoms with Crippen LogP contribution in [0.4, 0.5) is 5.69 Å². The number of hydrogen-bond acceptors (Lipinski definition) is 3. The van der Waals surface area contributed by atoms with Crippen LogP contribution in [0.3, 0.4) is 0 Å². The summed E-state index contributed by atoms with van der Waals surface area (Å²) in [6, 6.07) is 6.62. The SMILES string of the molecule is CCCNS(=O)(=O)Nc1cccc(CO)c1. The minimum Gasteiger partial charge on any atom is -0.392 e. The van der Waals surface area contributed by atoms with Gasteiger partial charge in [0.2, 0.25) is 0 Å². The Kier molecular flexibility index (Phi) is 4.72. The van der Waals surface area contributed by atoms with Gasteiger partial charge in [0.05, 0.1) is 12.3 Å². The summed E-state index contributed by atoms with van der Waals surface area (Å²) in [4.78, 5) is 0. The van der Waals surface area contributed by atoms with E-state index < -0.39 is 10.2 Å². The van der Waals surface area contributed by atoms with Crippen LogP contribution < -0.4 is 9.44 Å². The molecule has 0 atom stereocenters. The van der Waals surface area contributed by atoms with Gasteiger partial charge in [0.15, 0.2) is 0 Å². The molecule has 1 aromatic carbocycles. The Morgan fingerprint density at radius 3 is 2.75 bits per heavy atom. The molecule has 0 aliphatic heterocycles. The molecule has 0 unspecified atom stereocenters. The van der Waals surface area contributed by atoms with Crippen molar-refractivity contribution in [2.45, 2.75) is 20.0 Å². The van der Waals surface area contributed by atoms with E-state index in [1.165, 1.54) is 0 Å². The normalized spacial score (nSPS) is 11.4. The maximum absolute atomic E-state index is 11.5. The fraction of sp³-hybridized carbons (Fsp3) is 0.400. The number of rotatable bonds is 6. The van der Waals surface area contributed by atoms with E-state index in [1.54, 1.807) is 24.3 Å². The summed E-state index contributed by atoms with van der Waals surface area (Å²) in [5.74, 6) is 0. The molecule has 5 nitrogen and oxygen atoms in total. The van der Waals surface area contributed by atoms with Crippen LogP contribution in [0.25, 0.3) is 0 Å². The van der Waals surface area contributed by atoms with Gasteiger partial charge in [0.1, 0.15) is 0 Å². The summed E-state index contributed by atoms with van der Waals surface area (Å²) in [5.41, 5.74) is 1.10. The molecular formula is C10H16N2O3S. The van der Waals surface area contributed by atoms with Crippen LogP contribution in [0.5, 0.6) is 0 Å². The summed E-state index contributed by atoms with van der Waals surface area (Å²) >= 11 is 0. The van der Waals surface area contributed by atoms with Crippen LogP contribution >= 0.6 is 0 Å². The van der Waals surface area contributed by atoms with E-state index >= 15 is 0 Å². The molecule has 0 aliphatic rings. The fourth-order valence-electron chi connectivity index (χ4n) is 1.16. The molecular weight excluding hydrogens is 228 g/mol. The van der Waals surface area contributed by atoms with Gasteiger partial charge < -0.3 is 5.11 Å². The highest BCUT2D eigenvalue weighted by Gasteiger charge is 2.08. The van der Waals surface area contributed by atoms with Crippen molar-refractivity contribution in [1.82, 2.24) is 4.72 Å². The Bertz CT molecular complexity index is 431. The van der Waals surface area contributed by atoms with Crippen LogP contribution in [0.1, 0.15) is 18.9 Å². The number of aliphatic hydroxyl groups is 1. The van der Waals surface area contributed by atoms with E-state index in [4.69, 9.17) is 5.11 Å². The summed E-state index contributed by atoms with van der Waals surface area (Å²) in [5, 5.41) is 8.91. The molecule has 3 N–H and O–H groups in total. The molecule has 0 heterocycles. The maximum atomic E-state index is 11.5. The molecule has 1 rings (SSSR count). The molecule has 90 valence electrons. The Morgan fingerprint density at radius 2 is 2.12 bits per heavy atom. The van der Waals surface area contributed by atoms with Crippen molar-refractivity contribution < 1.29 is 13.5 Å². The molecule has 0 aliphatic carbocycles. The van der Waals surface area contributed by atoms with Crippen molar-refractivity contribution in [1.29, 1.82) is 0 Å². The van der Waals surface area contributed by atoms with Crippen LogP contribution in [-0.4, -0.2) is 20.1 Å². The predicted octanol–water partition coefficient (Wildman–Crippen LogP) is 0.835. The van der Waals surface area contributed by atoms with E-state index in [1.807, 2.05) is 6.92 Å². The largest absolute Gasteiger partial charge is 0.392 e. The van der Waals surface area contributed by atoms with Crippen molar-refractivity contribution in [3.8, 4) is 0 Å². The number of aliphatic hydroxyl groups excluding tert-OH is 1. The Morgan fingerprint density at radius 1 is 1.38 bits per heavy atom. The minimum absolute atomic E-state index is 0.113. The van der Waals surface area contributed by atoms with Gasteiger partial charge in [-0.15, -0.1) is 0 Å². The highest BCUT2D eigenvalue weighted by atomic mass is 32.2. The zero-order valence-electron chi connectivity index (χ0n) is 9.10. The van der Waals surface area contributed by atoms with Gasteiger partial charge in [0, 0.05) is 6.54 Å². The number of nitrogens with one attached hydrogen (secondary N) is 2. The maximum Gasteiger partial charge on any atom is 0.299 e. The van der Waals surface area contributed by atoms with Crippen LogP contribution in [0.2, 0.25) is 0 Å². The lowest BCUT2D eigenvalue weighted by Gasteiger charge is -2.09. The third-order valence-electron chi connectivity index (χ3n) is 1.90. The van der Waals surface area contributed by atoms with Gasteiger partial charge in [-0.2, -0.15) is 13.1 Å². The van der Waals surface area contributed by atoms with E-state index in [2.05, 4.69) is 9.44 Å². The first-order valence-corrected chi connectivity index (χ1v) is 6.53. The quantitative estimate of drug-likeness (QED) is 0.693. The van der Waals surface area contributed by atoms with Crippen LogP contribution in [-0.2, 0) is 16.8 Å². The Balaban J connectivity index is 2.72. The standard InChI is InChI=1S/C10H16N2O3S/c1-2-6-11-16(14,15)12-10-5-3-4-9(7-10)8-13/h3-5,7,11-13H,2,6,8H2,1H3. The Labute approximate surface area is 95.7 Å².